The van der Waals surface area contributed by atoms with E-state index in [9.17, 15) is 0 Å². The van der Waals surface area contributed by atoms with Crippen LogP contribution in [0.15, 0.2) is 194 Å². The lowest BCUT2D eigenvalue weighted by Crippen LogP contribution is -1.93. The third kappa shape index (κ3) is 4.22. The highest BCUT2D eigenvalue weighted by Crippen LogP contribution is 2.49. The molecule has 0 fully saturated rings. The third-order valence-corrected chi connectivity index (χ3v) is 11.2. The van der Waals surface area contributed by atoms with Crippen molar-refractivity contribution < 1.29 is 0 Å². The van der Waals surface area contributed by atoms with E-state index in [-0.39, 0.29) is 0 Å². The molecule has 0 N–H and O–H groups in total. The molecule has 0 saturated heterocycles. The van der Waals surface area contributed by atoms with Gasteiger partial charge in [0.15, 0.2) is 0 Å². The second kappa shape index (κ2) is 11.4. The molecule has 240 valence electrons. The summed E-state index contributed by atoms with van der Waals surface area (Å²) in [6.07, 6.45) is 0. The summed E-state index contributed by atoms with van der Waals surface area (Å²) in [5, 5.41) is 18.0. The molecule has 11 aromatic rings. The number of hydrogen-bond acceptors (Lipinski definition) is 0. The van der Waals surface area contributed by atoms with E-state index in [2.05, 4.69) is 194 Å². The van der Waals surface area contributed by atoms with Gasteiger partial charge in [-0.05, 0) is 121 Å². The standard InChI is InChI=1S/C52H32/c1-2-19-36-33(15-1)16-14-30-37(36)34-17-13-18-35(31-34)50-44-26-9-11-28-46(44)52(47-29-12-10-27-45(47)50)49-32-48-40-22-4-3-20-38(40)39-21-5-7-24-42(39)51(48)43-25-8-6-23-41(43)49/h1-32H. The molecule has 0 nitrogen and oxygen atoms in total. The first-order chi connectivity index (χ1) is 25.8. The quantitative estimate of drug-likeness (QED) is 0.131. The van der Waals surface area contributed by atoms with Crippen LogP contribution < -0.4 is 0 Å². The van der Waals surface area contributed by atoms with Crippen molar-refractivity contribution in [2.45, 2.75) is 0 Å². The van der Waals surface area contributed by atoms with E-state index in [0.29, 0.717) is 0 Å². The van der Waals surface area contributed by atoms with E-state index < -0.39 is 0 Å². The Hall–Kier alpha value is -6.76. The Morgan fingerprint density at radius 3 is 1.29 bits per heavy atom. The van der Waals surface area contributed by atoms with E-state index in [0.717, 1.165) is 0 Å². The lowest BCUT2D eigenvalue weighted by atomic mass is 9.82. The van der Waals surface area contributed by atoms with Gasteiger partial charge in [-0.3, -0.25) is 0 Å². The van der Waals surface area contributed by atoms with Gasteiger partial charge in [-0.25, -0.2) is 0 Å². The van der Waals surface area contributed by atoms with Crippen molar-refractivity contribution >= 4 is 75.4 Å². The van der Waals surface area contributed by atoms with Gasteiger partial charge in [0.1, 0.15) is 0 Å². The molecule has 0 saturated carbocycles. The minimum absolute atomic E-state index is 1.23. The maximum absolute atomic E-state index is 2.49. The molecular weight excluding hydrogens is 625 g/mol. The summed E-state index contributed by atoms with van der Waals surface area (Å²) < 4.78 is 0. The highest BCUT2D eigenvalue weighted by atomic mass is 14.2. The number of benzene rings is 11. The zero-order valence-electron chi connectivity index (χ0n) is 28.5. The van der Waals surface area contributed by atoms with Crippen molar-refractivity contribution in [3.05, 3.63) is 194 Å². The van der Waals surface area contributed by atoms with Crippen LogP contribution in [0.3, 0.4) is 0 Å². The summed E-state index contributed by atoms with van der Waals surface area (Å²) >= 11 is 0. The SMILES string of the molecule is c1cc(-c2cccc3ccccc23)cc(-c2c3ccccc3c(-c3cc4c5ccccc5c5ccccc5c4c4ccccc34)c3ccccc23)c1. The zero-order valence-corrected chi connectivity index (χ0v) is 28.5. The maximum Gasteiger partial charge on any atom is -0.00199 e. The Labute approximate surface area is 301 Å². The molecule has 0 aliphatic carbocycles. The predicted octanol–water partition coefficient (Wildman–Crippen LogP) is 14.8. The van der Waals surface area contributed by atoms with Gasteiger partial charge >= 0.3 is 0 Å². The second-order valence-electron chi connectivity index (χ2n) is 13.9. The molecule has 0 atom stereocenters. The molecule has 52 heavy (non-hydrogen) atoms. The Kier molecular flexibility index (Phi) is 6.35. The normalized spacial score (nSPS) is 11.8. The lowest BCUT2D eigenvalue weighted by Gasteiger charge is -2.21. The Bertz CT molecular complexity index is 3170. The van der Waals surface area contributed by atoms with E-state index in [1.54, 1.807) is 0 Å². The van der Waals surface area contributed by atoms with E-state index >= 15 is 0 Å². The van der Waals surface area contributed by atoms with Crippen LogP contribution in [0, 0.1) is 0 Å². The number of fused-ring (bicyclic) bond motifs is 11. The Morgan fingerprint density at radius 1 is 0.212 bits per heavy atom. The van der Waals surface area contributed by atoms with E-state index in [4.69, 9.17) is 0 Å². The van der Waals surface area contributed by atoms with Crippen molar-refractivity contribution in [2.24, 2.45) is 0 Å². The highest BCUT2D eigenvalue weighted by Gasteiger charge is 2.21. The molecule has 0 aliphatic heterocycles. The van der Waals surface area contributed by atoms with Gasteiger partial charge < -0.3 is 0 Å². The van der Waals surface area contributed by atoms with Crippen LogP contribution in [0.4, 0.5) is 0 Å². The summed E-state index contributed by atoms with van der Waals surface area (Å²) in [7, 11) is 0. The van der Waals surface area contributed by atoms with Gasteiger partial charge in [-0.1, -0.05) is 182 Å². The number of rotatable bonds is 3. The molecule has 0 amide bonds. The largest absolute Gasteiger partial charge is 0.0616 e. The molecule has 0 aliphatic rings. The molecule has 0 radical (unpaired) electrons. The fourth-order valence-electron chi connectivity index (χ4n) is 9.02. The van der Waals surface area contributed by atoms with E-state index in [1.807, 2.05) is 0 Å². The van der Waals surface area contributed by atoms with Gasteiger partial charge in [0, 0.05) is 0 Å². The first-order valence-corrected chi connectivity index (χ1v) is 18.1. The van der Waals surface area contributed by atoms with Crippen LogP contribution >= 0.6 is 0 Å². The summed E-state index contributed by atoms with van der Waals surface area (Å²) in [6, 6.07) is 71.8. The topological polar surface area (TPSA) is 0 Å². The summed E-state index contributed by atoms with van der Waals surface area (Å²) in [4.78, 5) is 0. The molecular formula is C52H32. The van der Waals surface area contributed by atoms with Gasteiger partial charge in [-0.15, -0.1) is 0 Å². The van der Waals surface area contributed by atoms with Crippen molar-refractivity contribution in [1.29, 1.82) is 0 Å². The average Bonchev–Trinajstić information content (AvgIpc) is 3.22. The van der Waals surface area contributed by atoms with Crippen molar-refractivity contribution in [3.63, 3.8) is 0 Å². The van der Waals surface area contributed by atoms with Crippen LogP contribution in [-0.4, -0.2) is 0 Å². The van der Waals surface area contributed by atoms with Crippen molar-refractivity contribution in [2.75, 3.05) is 0 Å². The van der Waals surface area contributed by atoms with Crippen LogP contribution in [0.25, 0.3) is 109 Å². The molecule has 11 aromatic carbocycles. The predicted molar refractivity (Wildman–Crippen MR) is 225 cm³/mol. The van der Waals surface area contributed by atoms with Crippen LogP contribution in [0.1, 0.15) is 0 Å². The van der Waals surface area contributed by atoms with Gasteiger partial charge in [0.2, 0.25) is 0 Å². The summed E-state index contributed by atoms with van der Waals surface area (Å²) in [5.41, 5.74) is 7.55. The molecule has 0 bridgehead atoms. The first kappa shape index (κ1) is 29.0. The molecule has 11 rings (SSSR count). The Morgan fingerprint density at radius 2 is 0.635 bits per heavy atom. The number of hydrogen-bond donors (Lipinski definition) is 0. The molecule has 0 heterocycles. The summed E-state index contributed by atoms with van der Waals surface area (Å²) in [6.45, 7) is 0. The van der Waals surface area contributed by atoms with Gasteiger partial charge in [-0.2, -0.15) is 0 Å². The van der Waals surface area contributed by atoms with E-state index in [1.165, 1.54) is 109 Å². The summed E-state index contributed by atoms with van der Waals surface area (Å²) in [5.74, 6) is 0. The van der Waals surface area contributed by atoms with Gasteiger partial charge in [0.05, 0.1) is 0 Å². The van der Waals surface area contributed by atoms with Crippen molar-refractivity contribution in [1.82, 2.24) is 0 Å². The molecule has 0 unspecified atom stereocenters. The average molecular weight is 657 g/mol. The van der Waals surface area contributed by atoms with Crippen LogP contribution in [-0.2, 0) is 0 Å². The van der Waals surface area contributed by atoms with Crippen LogP contribution in [0.2, 0.25) is 0 Å². The Balaban J connectivity index is 1.26. The smallest absolute Gasteiger partial charge is 0.00199 e. The first-order valence-electron chi connectivity index (χ1n) is 18.1. The molecule has 0 aromatic heterocycles. The maximum atomic E-state index is 2.49. The molecule has 0 spiro atoms. The van der Waals surface area contributed by atoms with Crippen molar-refractivity contribution in [3.8, 4) is 33.4 Å². The monoisotopic (exact) mass is 656 g/mol. The lowest BCUT2D eigenvalue weighted by molar-refractivity contribution is 1.63. The second-order valence-corrected chi connectivity index (χ2v) is 13.9. The zero-order chi connectivity index (χ0) is 34.2. The van der Waals surface area contributed by atoms with Gasteiger partial charge in [0.25, 0.3) is 0 Å². The minimum atomic E-state index is 1.23. The fourth-order valence-corrected chi connectivity index (χ4v) is 9.02. The minimum Gasteiger partial charge on any atom is -0.0616 e. The molecule has 0 heteroatoms. The third-order valence-electron chi connectivity index (χ3n) is 11.2. The van der Waals surface area contributed by atoms with Crippen LogP contribution in [0.5, 0.6) is 0 Å². The fraction of sp³-hybridized carbons (Fsp3) is 0. The highest BCUT2D eigenvalue weighted by molar-refractivity contribution is 6.34.